The Morgan fingerprint density at radius 1 is 1.14 bits per heavy atom. The number of carbonyl (C=O) groups is 1. The number of ether oxygens (including phenoxy) is 1. The molecule has 0 bridgehead atoms. The van der Waals surface area contributed by atoms with Crippen molar-refractivity contribution in [2.75, 3.05) is 7.11 Å². The second-order valence-electron chi connectivity index (χ2n) is 4.46. The summed E-state index contributed by atoms with van der Waals surface area (Å²) in [5.74, 6) is 0.387. The second kappa shape index (κ2) is 7.00. The maximum absolute atomic E-state index is 12.6. The Bertz CT molecular complexity index is 667. The van der Waals surface area contributed by atoms with E-state index in [-0.39, 0.29) is 5.78 Å². The number of ketones is 1. The molecule has 0 spiro atoms. The van der Waals surface area contributed by atoms with Gasteiger partial charge in [-0.2, -0.15) is 0 Å². The van der Waals surface area contributed by atoms with E-state index < -0.39 is 16.0 Å². The van der Waals surface area contributed by atoms with Crippen LogP contribution in [0.25, 0.3) is 0 Å². The van der Waals surface area contributed by atoms with Crippen LogP contribution in [0.15, 0.2) is 57.9 Å². The van der Waals surface area contributed by atoms with Crippen LogP contribution in [-0.4, -0.2) is 22.4 Å². The molecule has 0 N–H and O–H groups in total. The first-order valence-electron chi connectivity index (χ1n) is 6.38. The van der Waals surface area contributed by atoms with Gasteiger partial charge in [-0.15, -0.1) is 0 Å². The number of hydrogen-bond acceptors (Lipinski definition) is 3. The number of benzene rings is 2. The van der Waals surface area contributed by atoms with E-state index in [1.54, 1.807) is 55.5 Å². The van der Waals surface area contributed by atoms with Gasteiger partial charge in [-0.05, 0) is 31.2 Å². The fourth-order valence-corrected chi connectivity index (χ4v) is 3.46. The Balaban J connectivity index is 2.26. The van der Waals surface area contributed by atoms with E-state index in [1.165, 1.54) is 7.11 Å². The van der Waals surface area contributed by atoms with Crippen molar-refractivity contribution in [2.45, 2.75) is 17.1 Å². The SMILES string of the molecule is COc1ccccc1S(=O)C(C)C(=O)c1ccc(Br)cc1. The van der Waals surface area contributed by atoms with Gasteiger partial charge in [0.2, 0.25) is 0 Å². The Labute approximate surface area is 134 Å². The molecule has 2 unspecified atom stereocenters. The standard InChI is InChI=1S/C16H15BrO3S/c1-11(16(18)12-7-9-13(17)10-8-12)21(19)15-6-4-3-5-14(15)20-2/h3-11H,1-2H3. The largest absolute Gasteiger partial charge is 0.495 e. The van der Waals surface area contributed by atoms with Crippen molar-refractivity contribution < 1.29 is 13.7 Å². The quantitative estimate of drug-likeness (QED) is 0.755. The zero-order valence-corrected chi connectivity index (χ0v) is 14.1. The molecule has 0 aliphatic carbocycles. The predicted molar refractivity (Wildman–Crippen MR) is 87.3 cm³/mol. The minimum absolute atomic E-state index is 0.147. The molecular formula is C16H15BrO3S. The van der Waals surface area contributed by atoms with E-state index >= 15 is 0 Å². The zero-order chi connectivity index (χ0) is 15.4. The fraction of sp³-hybridized carbons (Fsp3) is 0.188. The molecule has 0 amide bonds. The van der Waals surface area contributed by atoms with E-state index in [1.807, 2.05) is 0 Å². The molecule has 2 aromatic rings. The highest BCUT2D eigenvalue weighted by atomic mass is 79.9. The molecule has 0 heterocycles. The number of Topliss-reactive ketones (excluding diaryl/α,β-unsaturated/α-hetero) is 1. The molecule has 0 fully saturated rings. The maximum Gasteiger partial charge on any atom is 0.178 e. The van der Waals surface area contributed by atoms with Gasteiger partial charge in [0.15, 0.2) is 5.78 Å². The molecule has 110 valence electrons. The highest BCUT2D eigenvalue weighted by molar-refractivity contribution is 9.10. The lowest BCUT2D eigenvalue weighted by molar-refractivity contribution is 0.0992. The minimum atomic E-state index is -1.46. The van der Waals surface area contributed by atoms with Gasteiger partial charge in [-0.25, -0.2) is 0 Å². The van der Waals surface area contributed by atoms with Crippen molar-refractivity contribution >= 4 is 32.5 Å². The van der Waals surface area contributed by atoms with Crippen molar-refractivity contribution in [3.63, 3.8) is 0 Å². The molecule has 0 saturated heterocycles. The van der Waals surface area contributed by atoms with E-state index in [4.69, 9.17) is 4.74 Å². The Morgan fingerprint density at radius 3 is 2.38 bits per heavy atom. The van der Waals surface area contributed by atoms with Crippen LogP contribution in [0.1, 0.15) is 17.3 Å². The first-order valence-corrected chi connectivity index (χ1v) is 8.38. The maximum atomic E-state index is 12.6. The van der Waals surface area contributed by atoms with Gasteiger partial charge in [0.05, 0.1) is 28.1 Å². The van der Waals surface area contributed by atoms with Crippen LogP contribution in [0, 0.1) is 0 Å². The number of methoxy groups -OCH3 is 1. The molecule has 0 radical (unpaired) electrons. The van der Waals surface area contributed by atoms with Gasteiger partial charge in [0.1, 0.15) is 5.75 Å². The monoisotopic (exact) mass is 366 g/mol. The smallest absolute Gasteiger partial charge is 0.178 e. The highest BCUT2D eigenvalue weighted by Gasteiger charge is 2.24. The van der Waals surface area contributed by atoms with Crippen LogP contribution < -0.4 is 4.74 Å². The fourth-order valence-electron chi connectivity index (χ4n) is 1.92. The number of hydrogen-bond donors (Lipinski definition) is 0. The second-order valence-corrected chi connectivity index (χ2v) is 7.12. The predicted octanol–water partition coefficient (Wildman–Crippen LogP) is 3.84. The number of para-hydroxylation sites is 1. The van der Waals surface area contributed by atoms with Gasteiger partial charge < -0.3 is 4.74 Å². The van der Waals surface area contributed by atoms with E-state index in [0.717, 1.165) is 4.47 Å². The normalized spacial score (nSPS) is 13.5. The molecule has 2 rings (SSSR count). The van der Waals surface area contributed by atoms with Crippen molar-refractivity contribution in [3.8, 4) is 5.75 Å². The molecule has 0 aliphatic rings. The molecule has 0 saturated carbocycles. The van der Waals surface area contributed by atoms with E-state index in [9.17, 15) is 9.00 Å². The van der Waals surface area contributed by atoms with Gasteiger partial charge >= 0.3 is 0 Å². The van der Waals surface area contributed by atoms with Crippen molar-refractivity contribution in [3.05, 3.63) is 58.6 Å². The third kappa shape index (κ3) is 3.60. The Kier molecular flexibility index (Phi) is 5.31. The van der Waals surface area contributed by atoms with Crippen molar-refractivity contribution in [1.82, 2.24) is 0 Å². The molecule has 2 aromatic carbocycles. The molecule has 3 nitrogen and oxygen atoms in total. The molecule has 0 aliphatic heterocycles. The first kappa shape index (κ1) is 15.9. The van der Waals surface area contributed by atoms with E-state index in [2.05, 4.69) is 15.9 Å². The molecule has 21 heavy (non-hydrogen) atoms. The number of halogens is 1. The molecule has 0 aromatic heterocycles. The van der Waals surface area contributed by atoms with Crippen LogP contribution in [0.5, 0.6) is 5.75 Å². The summed E-state index contributed by atoms with van der Waals surface area (Å²) in [6.07, 6.45) is 0. The lowest BCUT2D eigenvalue weighted by atomic mass is 10.1. The van der Waals surface area contributed by atoms with Crippen molar-refractivity contribution in [2.24, 2.45) is 0 Å². The van der Waals surface area contributed by atoms with Crippen LogP contribution in [-0.2, 0) is 10.8 Å². The topological polar surface area (TPSA) is 43.4 Å². The van der Waals surface area contributed by atoms with Gasteiger partial charge in [-0.3, -0.25) is 9.00 Å². The Hall–Kier alpha value is -1.46. The molecular weight excluding hydrogens is 352 g/mol. The van der Waals surface area contributed by atoms with Gasteiger partial charge in [0.25, 0.3) is 0 Å². The lowest BCUT2D eigenvalue weighted by Gasteiger charge is -2.13. The minimum Gasteiger partial charge on any atom is -0.495 e. The third-order valence-electron chi connectivity index (χ3n) is 3.10. The summed E-state index contributed by atoms with van der Waals surface area (Å²) in [6, 6.07) is 14.1. The van der Waals surface area contributed by atoms with E-state index in [0.29, 0.717) is 16.2 Å². The summed E-state index contributed by atoms with van der Waals surface area (Å²) in [6.45, 7) is 1.67. The summed E-state index contributed by atoms with van der Waals surface area (Å²) < 4.78 is 18.7. The lowest BCUT2D eigenvalue weighted by Crippen LogP contribution is -2.23. The summed E-state index contributed by atoms with van der Waals surface area (Å²) in [4.78, 5) is 13.0. The van der Waals surface area contributed by atoms with Crippen LogP contribution in [0.2, 0.25) is 0 Å². The van der Waals surface area contributed by atoms with Crippen LogP contribution in [0.3, 0.4) is 0 Å². The average Bonchev–Trinajstić information content (AvgIpc) is 2.53. The highest BCUT2D eigenvalue weighted by Crippen LogP contribution is 2.25. The summed E-state index contributed by atoms with van der Waals surface area (Å²) in [5.41, 5.74) is 0.550. The Morgan fingerprint density at radius 2 is 1.76 bits per heavy atom. The summed E-state index contributed by atoms with van der Waals surface area (Å²) >= 11 is 3.33. The van der Waals surface area contributed by atoms with Crippen LogP contribution >= 0.6 is 15.9 Å². The van der Waals surface area contributed by atoms with Gasteiger partial charge in [0, 0.05) is 10.0 Å². The zero-order valence-electron chi connectivity index (χ0n) is 11.7. The molecule has 5 heteroatoms. The van der Waals surface area contributed by atoms with Crippen molar-refractivity contribution in [1.29, 1.82) is 0 Å². The number of rotatable bonds is 5. The van der Waals surface area contributed by atoms with Crippen LogP contribution in [0.4, 0.5) is 0 Å². The molecule has 2 atom stereocenters. The number of carbonyl (C=O) groups excluding carboxylic acids is 1. The summed E-state index contributed by atoms with van der Waals surface area (Å²) in [5, 5.41) is -0.637. The first-order chi connectivity index (χ1) is 10.0. The third-order valence-corrected chi connectivity index (χ3v) is 5.26. The summed E-state index contributed by atoms with van der Waals surface area (Å²) in [7, 11) is 0.0633. The average molecular weight is 367 g/mol. The van der Waals surface area contributed by atoms with Gasteiger partial charge in [-0.1, -0.05) is 40.2 Å².